The standard InChI is InChI=1S/C19H15N5/c1-12-6-7-16-15(9-12)22-19-14(11-20)13(2)10-18(24(16)19)23-17-5-3-4-8-21-17/h3-10H,1-2H3,(H,21,23). The fourth-order valence-electron chi connectivity index (χ4n) is 2.92. The van der Waals surface area contributed by atoms with Crippen molar-refractivity contribution in [2.75, 3.05) is 5.32 Å². The summed E-state index contributed by atoms with van der Waals surface area (Å²) in [5.41, 5.74) is 5.12. The van der Waals surface area contributed by atoms with Crippen LogP contribution >= 0.6 is 0 Å². The van der Waals surface area contributed by atoms with Crippen LogP contribution in [-0.2, 0) is 0 Å². The first-order valence-corrected chi connectivity index (χ1v) is 7.68. The predicted molar refractivity (Wildman–Crippen MR) is 94.4 cm³/mol. The number of aromatic nitrogens is 3. The number of imidazole rings is 1. The van der Waals surface area contributed by atoms with E-state index in [0.717, 1.165) is 33.8 Å². The molecule has 0 atom stereocenters. The summed E-state index contributed by atoms with van der Waals surface area (Å²) in [6.45, 7) is 3.96. The number of aryl methyl sites for hydroxylation is 2. The third-order valence-corrected chi connectivity index (χ3v) is 4.05. The molecule has 0 amide bonds. The molecule has 0 radical (unpaired) electrons. The van der Waals surface area contributed by atoms with Crippen LogP contribution in [-0.4, -0.2) is 14.4 Å². The van der Waals surface area contributed by atoms with Gasteiger partial charge in [-0.1, -0.05) is 12.1 Å². The smallest absolute Gasteiger partial charge is 0.157 e. The number of nitriles is 1. The molecule has 4 aromatic rings. The monoisotopic (exact) mass is 313 g/mol. The topological polar surface area (TPSA) is 66.0 Å². The van der Waals surface area contributed by atoms with Crippen molar-refractivity contribution in [2.45, 2.75) is 13.8 Å². The van der Waals surface area contributed by atoms with Gasteiger partial charge >= 0.3 is 0 Å². The van der Waals surface area contributed by atoms with Crippen molar-refractivity contribution in [3.63, 3.8) is 0 Å². The van der Waals surface area contributed by atoms with E-state index >= 15 is 0 Å². The molecule has 0 aliphatic carbocycles. The van der Waals surface area contributed by atoms with E-state index in [1.807, 2.05) is 60.7 Å². The number of pyridine rings is 2. The van der Waals surface area contributed by atoms with Crippen molar-refractivity contribution in [3.05, 3.63) is 65.4 Å². The third-order valence-electron chi connectivity index (χ3n) is 4.05. The molecule has 116 valence electrons. The Morgan fingerprint density at radius 1 is 1.12 bits per heavy atom. The molecule has 4 rings (SSSR count). The van der Waals surface area contributed by atoms with Gasteiger partial charge in [0.2, 0.25) is 0 Å². The first kappa shape index (κ1) is 14.2. The number of benzene rings is 1. The molecule has 24 heavy (non-hydrogen) atoms. The van der Waals surface area contributed by atoms with Crippen LogP contribution in [0.3, 0.4) is 0 Å². The van der Waals surface area contributed by atoms with E-state index in [0.29, 0.717) is 11.2 Å². The highest BCUT2D eigenvalue weighted by Crippen LogP contribution is 2.28. The maximum atomic E-state index is 9.54. The Balaban J connectivity index is 2.06. The van der Waals surface area contributed by atoms with Gasteiger partial charge in [0.1, 0.15) is 17.7 Å². The van der Waals surface area contributed by atoms with Crippen molar-refractivity contribution >= 4 is 28.3 Å². The van der Waals surface area contributed by atoms with Crippen LogP contribution in [0, 0.1) is 25.2 Å². The summed E-state index contributed by atoms with van der Waals surface area (Å²) >= 11 is 0. The predicted octanol–water partition coefficient (Wildman–Crippen LogP) is 4.11. The number of hydrogen-bond acceptors (Lipinski definition) is 4. The largest absolute Gasteiger partial charge is 0.326 e. The van der Waals surface area contributed by atoms with E-state index in [4.69, 9.17) is 0 Å². The molecule has 1 N–H and O–H groups in total. The molecule has 0 saturated carbocycles. The zero-order valence-corrected chi connectivity index (χ0v) is 13.4. The second kappa shape index (κ2) is 5.36. The highest BCUT2D eigenvalue weighted by Gasteiger charge is 2.15. The van der Waals surface area contributed by atoms with Crippen LogP contribution in [0.4, 0.5) is 11.6 Å². The number of hydrogen-bond donors (Lipinski definition) is 1. The van der Waals surface area contributed by atoms with E-state index in [1.165, 1.54) is 0 Å². The molecule has 0 bridgehead atoms. The van der Waals surface area contributed by atoms with Crippen LogP contribution in [0.5, 0.6) is 0 Å². The van der Waals surface area contributed by atoms with Gasteiger partial charge < -0.3 is 5.32 Å². The molecule has 3 heterocycles. The lowest BCUT2D eigenvalue weighted by Gasteiger charge is -2.11. The Morgan fingerprint density at radius 3 is 2.75 bits per heavy atom. The minimum Gasteiger partial charge on any atom is -0.326 e. The highest BCUT2D eigenvalue weighted by atomic mass is 15.1. The highest BCUT2D eigenvalue weighted by molar-refractivity contribution is 5.86. The van der Waals surface area contributed by atoms with E-state index in [-0.39, 0.29) is 0 Å². The molecule has 0 aliphatic rings. The van der Waals surface area contributed by atoms with Crippen molar-refractivity contribution < 1.29 is 0 Å². The zero-order chi connectivity index (χ0) is 16.7. The summed E-state index contributed by atoms with van der Waals surface area (Å²) in [6, 6.07) is 16.1. The lowest BCUT2D eigenvalue weighted by Crippen LogP contribution is -2.02. The van der Waals surface area contributed by atoms with Gasteiger partial charge in [0.05, 0.1) is 16.6 Å². The van der Waals surface area contributed by atoms with E-state index in [9.17, 15) is 5.26 Å². The van der Waals surface area contributed by atoms with Crippen LogP contribution in [0.1, 0.15) is 16.7 Å². The lowest BCUT2D eigenvalue weighted by molar-refractivity contribution is 1.17. The van der Waals surface area contributed by atoms with Crippen molar-refractivity contribution in [1.29, 1.82) is 5.26 Å². The van der Waals surface area contributed by atoms with Crippen LogP contribution in [0.25, 0.3) is 16.7 Å². The first-order chi connectivity index (χ1) is 11.7. The summed E-state index contributed by atoms with van der Waals surface area (Å²) in [4.78, 5) is 9.01. The SMILES string of the molecule is Cc1ccc2c(c1)nc1c(C#N)c(C)cc(Nc3ccccn3)n12. The minimum absolute atomic E-state index is 0.593. The van der Waals surface area contributed by atoms with Gasteiger partial charge in [-0.2, -0.15) is 5.26 Å². The van der Waals surface area contributed by atoms with E-state index in [2.05, 4.69) is 21.4 Å². The van der Waals surface area contributed by atoms with Crippen LogP contribution < -0.4 is 5.32 Å². The second-order valence-corrected chi connectivity index (χ2v) is 5.80. The number of nitrogens with one attached hydrogen (secondary N) is 1. The number of rotatable bonds is 2. The summed E-state index contributed by atoms with van der Waals surface area (Å²) < 4.78 is 1.98. The average molecular weight is 313 g/mol. The van der Waals surface area contributed by atoms with Gasteiger partial charge in [0, 0.05) is 6.20 Å². The number of fused-ring (bicyclic) bond motifs is 3. The molecule has 0 saturated heterocycles. The average Bonchev–Trinajstić information content (AvgIpc) is 2.94. The Morgan fingerprint density at radius 2 is 2.00 bits per heavy atom. The molecule has 0 unspecified atom stereocenters. The van der Waals surface area contributed by atoms with Gasteiger partial charge in [0.25, 0.3) is 0 Å². The van der Waals surface area contributed by atoms with E-state index in [1.54, 1.807) is 6.20 Å². The quantitative estimate of drug-likeness (QED) is 0.604. The Bertz CT molecular complexity index is 1100. The van der Waals surface area contributed by atoms with Crippen molar-refractivity contribution in [2.24, 2.45) is 0 Å². The van der Waals surface area contributed by atoms with Crippen LogP contribution in [0.2, 0.25) is 0 Å². The minimum atomic E-state index is 0.593. The normalized spacial score (nSPS) is 10.9. The van der Waals surface area contributed by atoms with Gasteiger partial charge in [0.15, 0.2) is 5.65 Å². The van der Waals surface area contributed by atoms with Gasteiger partial charge in [-0.25, -0.2) is 9.97 Å². The summed E-state index contributed by atoms with van der Waals surface area (Å²) in [5, 5.41) is 12.9. The Hall–Kier alpha value is -3.39. The Labute approximate surface area is 139 Å². The summed E-state index contributed by atoms with van der Waals surface area (Å²) in [7, 11) is 0. The molecule has 5 heteroatoms. The zero-order valence-electron chi connectivity index (χ0n) is 13.4. The van der Waals surface area contributed by atoms with Gasteiger partial charge in [-0.15, -0.1) is 0 Å². The fourth-order valence-corrected chi connectivity index (χ4v) is 2.92. The molecular weight excluding hydrogens is 298 g/mol. The molecular formula is C19H15N5. The first-order valence-electron chi connectivity index (χ1n) is 7.68. The Kier molecular flexibility index (Phi) is 3.17. The molecule has 1 aromatic carbocycles. The molecule has 5 nitrogen and oxygen atoms in total. The molecule has 0 spiro atoms. The van der Waals surface area contributed by atoms with Crippen molar-refractivity contribution in [1.82, 2.24) is 14.4 Å². The van der Waals surface area contributed by atoms with Crippen molar-refractivity contribution in [3.8, 4) is 6.07 Å². The van der Waals surface area contributed by atoms with Crippen LogP contribution in [0.15, 0.2) is 48.7 Å². The summed E-state index contributed by atoms with van der Waals surface area (Å²) in [6.07, 6.45) is 1.74. The number of nitrogens with zero attached hydrogens (tertiary/aromatic N) is 4. The second-order valence-electron chi connectivity index (χ2n) is 5.80. The molecule has 3 aromatic heterocycles. The maximum Gasteiger partial charge on any atom is 0.157 e. The van der Waals surface area contributed by atoms with Gasteiger partial charge in [-0.05, 0) is 55.3 Å². The number of anilines is 2. The van der Waals surface area contributed by atoms with E-state index < -0.39 is 0 Å². The third kappa shape index (κ3) is 2.17. The molecule has 0 aliphatic heterocycles. The summed E-state index contributed by atoms with van der Waals surface area (Å²) in [5.74, 6) is 1.59. The lowest BCUT2D eigenvalue weighted by atomic mass is 10.1. The maximum absolute atomic E-state index is 9.54. The molecule has 0 fully saturated rings. The fraction of sp³-hybridized carbons (Fsp3) is 0.105. The van der Waals surface area contributed by atoms with Gasteiger partial charge in [-0.3, -0.25) is 4.40 Å².